The quantitative estimate of drug-likeness (QED) is 0.454. The number of methoxy groups -OCH3 is 1. The molecule has 1 aromatic heterocycles. The number of ether oxygens (including phenoxy) is 2. The lowest BCUT2D eigenvalue weighted by atomic mass is 9.84. The van der Waals surface area contributed by atoms with E-state index in [4.69, 9.17) is 21.1 Å². The van der Waals surface area contributed by atoms with Gasteiger partial charge in [0.15, 0.2) is 0 Å². The smallest absolute Gasteiger partial charge is 0.226 e. The van der Waals surface area contributed by atoms with Crippen molar-refractivity contribution in [1.82, 2.24) is 14.8 Å². The Kier molecular flexibility index (Phi) is 4.40. The minimum atomic E-state index is -0.323. The molecule has 2 aliphatic rings. The normalized spacial score (nSPS) is 18.7. The average Bonchev–Trinajstić information content (AvgIpc) is 3.31. The second-order valence-electron chi connectivity index (χ2n) is 7.70. The molecule has 3 heterocycles. The molecule has 6 rings (SSSR count). The maximum Gasteiger partial charge on any atom is 0.226 e. The molecule has 0 saturated heterocycles. The van der Waals surface area contributed by atoms with Crippen molar-refractivity contribution >= 4 is 23.2 Å². The Bertz CT molecular complexity index is 1330. The number of benzene rings is 3. The second-order valence-corrected chi connectivity index (χ2v) is 8.14. The van der Waals surface area contributed by atoms with Crippen LogP contribution in [0.1, 0.15) is 28.8 Å². The summed E-state index contributed by atoms with van der Waals surface area (Å²) in [6, 6.07) is 23.7. The lowest BCUT2D eigenvalue weighted by Crippen LogP contribution is -2.32. The molecule has 0 aliphatic carbocycles. The summed E-state index contributed by atoms with van der Waals surface area (Å²) in [5.74, 6) is 2.31. The maximum atomic E-state index is 6.60. The molecule has 2 atom stereocenters. The second kappa shape index (κ2) is 7.43. The van der Waals surface area contributed by atoms with Crippen LogP contribution in [0.4, 0.5) is 5.95 Å². The van der Waals surface area contributed by atoms with Crippen LogP contribution in [-0.4, -0.2) is 21.9 Å². The van der Waals surface area contributed by atoms with Crippen molar-refractivity contribution in [3.63, 3.8) is 0 Å². The van der Waals surface area contributed by atoms with E-state index in [1.807, 2.05) is 71.4 Å². The van der Waals surface area contributed by atoms with Crippen molar-refractivity contribution in [1.29, 1.82) is 0 Å². The van der Waals surface area contributed by atoms with Gasteiger partial charge in [0, 0.05) is 16.2 Å². The maximum absolute atomic E-state index is 6.60. The minimum absolute atomic E-state index is 0.207. The molecule has 0 fully saturated rings. The number of anilines is 1. The Labute approximate surface area is 190 Å². The van der Waals surface area contributed by atoms with Crippen LogP contribution in [0.3, 0.4) is 0 Å². The van der Waals surface area contributed by atoms with Crippen LogP contribution in [0, 0.1) is 0 Å². The van der Waals surface area contributed by atoms with Gasteiger partial charge < -0.3 is 14.8 Å². The fourth-order valence-corrected chi connectivity index (χ4v) is 4.56. The SMILES string of the molecule is COc1ccc([C@H]2Oc3ccccc3C3=C2[C@H](c2ccc(Cl)cc2)n2ncnc2N3)cc1. The molecule has 4 aromatic rings. The van der Waals surface area contributed by atoms with Crippen LogP contribution in [-0.2, 0) is 0 Å². The summed E-state index contributed by atoms with van der Waals surface area (Å²) >= 11 is 6.19. The average molecular weight is 443 g/mol. The van der Waals surface area contributed by atoms with Crippen LogP contribution in [0.15, 0.2) is 84.7 Å². The monoisotopic (exact) mass is 442 g/mol. The van der Waals surface area contributed by atoms with Gasteiger partial charge >= 0.3 is 0 Å². The molecule has 32 heavy (non-hydrogen) atoms. The molecule has 0 unspecified atom stereocenters. The number of rotatable bonds is 3. The van der Waals surface area contributed by atoms with E-state index < -0.39 is 0 Å². The van der Waals surface area contributed by atoms with Crippen molar-refractivity contribution in [2.24, 2.45) is 0 Å². The Hall–Kier alpha value is -3.77. The van der Waals surface area contributed by atoms with Crippen molar-refractivity contribution in [2.75, 3.05) is 12.4 Å². The molecule has 158 valence electrons. The van der Waals surface area contributed by atoms with E-state index in [1.165, 1.54) is 0 Å². The van der Waals surface area contributed by atoms with Crippen molar-refractivity contribution in [3.8, 4) is 11.5 Å². The van der Waals surface area contributed by atoms with Gasteiger partial charge in [0.05, 0.1) is 12.8 Å². The molecule has 0 radical (unpaired) electrons. The Morgan fingerprint density at radius 3 is 2.50 bits per heavy atom. The first kappa shape index (κ1) is 19.0. The summed E-state index contributed by atoms with van der Waals surface area (Å²) < 4.78 is 13.9. The first-order chi connectivity index (χ1) is 15.7. The lowest BCUT2D eigenvalue weighted by Gasteiger charge is -2.39. The highest BCUT2D eigenvalue weighted by Crippen LogP contribution is 2.50. The Balaban J connectivity index is 1.60. The molecule has 6 nitrogen and oxygen atoms in total. The highest BCUT2D eigenvalue weighted by Gasteiger charge is 2.40. The van der Waals surface area contributed by atoms with Gasteiger partial charge in [-0.15, -0.1) is 0 Å². The van der Waals surface area contributed by atoms with Crippen molar-refractivity contribution in [3.05, 3.63) is 106 Å². The molecule has 3 aromatic carbocycles. The van der Waals surface area contributed by atoms with E-state index in [9.17, 15) is 0 Å². The third-order valence-corrected chi connectivity index (χ3v) is 6.18. The predicted octanol–water partition coefficient (Wildman–Crippen LogP) is 5.50. The summed E-state index contributed by atoms with van der Waals surface area (Å²) in [4.78, 5) is 4.46. The third-order valence-electron chi connectivity index (χ3n) is 5.93. The molecular formula is C25H19ClN4O2. The number of hydrogen-bond donors (Lipinski definition) is 1. The van der Waals surface area contributed by atoms with Crippen molar-refractivity contribution < 1.29 is 9.47 Å². The predicted molar refractivity (Wildman–Crippen MR) is 123 cm³/mol. The molecule has 2 aliphatic heterocycles. The molecular weight excluding hydrogens is 424 g/mol. The number of nitrogens with one attached hydrogen (secondary N) is 1. The number of nitrogens with zero attached hydrogens (tertiary/aromatic N) is 3. The topological polar surface area (TPSA) is 61.2 Å². The van der Waals surface area contributed by atoms with Gasteiger partial charge in [-0.1, -0.05) is 48.0 Å². The minimum Gasteiger partial charge on any atom is -0.497 e. The zero-order chi connectivity index (χ0) is 21.7. The number of hydrogen-bond acceptors (Lipinski definition) is 5. The van der Waals surface area contributed by atoms with Gasteiger partial charge in [-0.05, 0) is 47.5 Å². The highest BCUT2D eigenvalue weighted by molar-refractivity contribution is 6.30. The van der Waals surface area contributed by atoms with Gasteiger partial charge in [0.1, 0.15) is 30.0 Å². The summed E-state index contributed by atoms with van der Waals surface area (Å²) in [6.45, 7) is 0. The number of aromatic nitrogens is 3. The van der Waals surface area contributed by atoms with E-state index in [-0.39, 0.29) is 12.1 Å². The fraction of sp³-hybridized carbons (Fsp3) is 0.120. The van der Waals surface area contributed by atoms with E-state index in [0.29, 0.717) is 11.0 Å². The summed E-state index contributed by atoms with van der Waals surface area (Å²) in [7, 11) is 1.66. The zero-order valence-electron chi connectivity index (χ0n) is 17.2. The molecule has 0 spiro atoms. The van der Waals surface area contributed by atoms with E-state index in [0.717, 1.165) is 39.5 Å². The molecule has 0 amide bonds. The number of fused-ring (bicyclic) bond motifs is 3. The van der Waals surface area contributed by atoms with Crippen LogP contribution in [0.5, 0.6) is 11.5 Å². The van der Waals surface area contributed by atoms with Gasteiger partial charge in [-0.2, -0.15) is 10.1 Å². The van der Waals surface area contributed by atoms with E-state index in [1.54, 1.807) is 13.4 Å². The van der Waals surface area contributed by atoms with Gasteiger partial charge in [-0.25, -0.2) is 4.68 Å². The van der Waals surface area contributed by atoms with Crippen LogP contribution >= 0.6 is 11.6 Å². The standard InChI is InChI=1S/C25H19ClN4O2/c1-31-18-12-8-16(9-13-18)24-21-22(19-4-2-3-5-20(19)32-24)29-25-27-14-28-30(25)23(21)15-6-10-17(26)11-7-15/h2-14,23-24H,1H3,(H,27,28,29)/t23-,24+/m0/s1. The molecule has 0 bridgehead atoms. The number of halogens is 1. The largest absolute Gasteiger partial charge is 0.497 e. The van der Waals surface area contributed by atoms with Gasteiger partial charge in [0.2, 0.25) is 5.95 Å². The van der Waals surface area contributed by atoms with Crippen LogP contribution < -0.4 is 14.8 Å². The summed E-state index contributed by atoms with van der Waals surface area (Å²) in [5, 5.41) is 8.73. The van der Waals surface area contributed by atoms with Gasteiger partial charge in [0.25, 0.3) is 0 Å². The van der Waals surface area contributed by atoms with Crippen molar-refractivity contribution in [2.45, 2.75) is 12.1 Å². The fourth-order valence-electron chi connectivity index (χ4n) is 4.44. The van der Waals surface area contributed by atoms with Gasteiger partial charge in [-0.3, -0.25) is 0 Å². The summed E-state index contributed by atoms with van der Waals surface area (Å²) in [5.41, 5.74) is 5.14. The molecule has 0 saturated carbocycles. The first-order valence-corrected chi connectivity index (χ1v) is 10.7. The Morgan fingerprint density at radius 2 is 1.72 bits per heavy atom. The third kappa shape index (κ3) is 2.95. The zero-order valence-corrected chi connectivity index (χ0v) is 18.0. The van der Waals surface area contributed by atoms with Crippen LogP contribution in [0.2, 0.25) is 5.02 Å². The Morgan fingerprint density at radius 1 is 0.969 bits per heavy atom. The molecule has 1 N–H and O–H groups in total. The van der Waals surface area contributed by atoms with Crippen LogP contribution in [0.25, 0.3) is 5.70 Å². The highest BCUT2D eigenvalue weighted by atomic mass is 35.5. The molecule has 7 heteroatoms. The lowest BCUT2D eigenvalue weighted by molar-refractivity contribution is 0.223. The number of para-hydroxylation sites is 1. The summed E-state index contributed by atoms with van der Waals surface area (Å²) in [6.07, 6.45) is 1.25. The van der Waals surface area contributed by atoms with E-state index >= 15 is 0 Å². The first-order valence-electron chi connectivity index (χ1n) is 10.3. The van der Waals surface area contributed by atoms with E-state index in [2.05, 4.69) is 21.5 Å².